The summed E-state index contributed by atoms with van der Waals surface area (Å²) in [6.07, 6.45) is 2.07. The second-order valence-electron chi connectivity index (χ2n) is 3.85. The van der Waals surface area contributed by atoms with Gasteiger partial charge in [-0.3, -0.25) is 4.79 Å². The van der Waals surface area contributed by atoms with Crippen LogP contribution in [-0.4, -0.2) is 56.4 Å². The molecule has 5 nitrogen and oxygen atoms in total. The molecule has 0 radical (unpaired) electrons. The zero-order valence-corrected chi connectivity index (χ0v) is 9.98. The Labute approximate surface area is 96.9 Å². The van der Waals surface area contributed by atoms with Gasteiger partial charge in [0, 0.05) is 19.7 Å². The van der Waals surface area contributed by atoms with Crippen LogP contribution in [-0.2, 0) is 14.3 Å². The Bertz CT molecular complexity index is 203. The van der Waals surface area contributed by atoms with Crippen LogP contribution in [0.3, 0.4) is 0 Å². The molecular formula is C11H22N2O3. The van der Waals surface area contributed by atoms with Crippen LogP contribution in [0.25, 0.3) is 0 Å². The summed E-state index contributed by atoms with van der Waals surface area (Å²) in [6.45, 7) is 5.62. The van der Waals surface area contributed by atoms with Gasteiger partial charge in [0.05, 0.1) is 25.9 Å². The molecule has 1 amide bonds. The first-order valence-electron chi connectivity index (χ1n) is 5.95. The van der Waals surface area contributed by atoms with Crippen molar-refractivity contribution in [2.24, 2.45) is 5.73 Å². The van der Waals surface area contributed by atoms with Gasteiger partial charge in [0.1, 0.15) is 0 Å². The predicted octanol–water partition coefficient (Wildman–Crippen LogP) is -0.0108. The quantitative estimate of drug-likeness (QED) is 0.652. The first-order valence-corrected chi connectivity index (χ1v) is 5.95. The number of nitrogens with zero attached hydrogens (tertiary/aromatic N) is 1. The molecule has 5 heteroatoms. The predicted molar refractivity (Wildman–Crippen MR) is 61.1 cm³/mol. The Morgan fingerprint density at radius 1 is 1.38 bits per heavy atom. The van der Waals surface area contributed by atoms with Crippen LogP contribution in [0.4, 0.5) is 0 Å². The van der Waals surface area contributed by atoms with Crippen molar-refractivity contribution < 1.29 is 14.3 Å². The number of piperidine rings is 1. The van der Waals surface area contributed by atoms with Gasteiger partial charge in [-0.2, -0.15) is 0 Å². The standard InChI is InChI=1S/C11H22N2O3/c1-2-15-7-8-16-10-3-5-13(6-4-10)11(14)9-12/h10H,2-9,12H2,1H3. The van der Waals surface area contributed by atoms with E-state index in [1.807, 2.05) is 11.8 Å². The van der Waals surface area contributed by atoms with E-state index < -0.39 is 0 Å². The maximum absolute atomic E-state index is 11.3. The monoisotopic (exact) mass is 230 g/mol. The zero-order valence-electron chi connectivity index (χ0n) is 9.98. The van der Waals surface area contributed by atoms with Gasteiger partial charge in [-0.25, -0.2) is 0 Å². The van der Waals surface area contributed by atoms with E-state index in [0.29, 0.717) is 13.2 Å². The van der Waals surface area contributed by atoms with Crippen molar-refractivity contribution in [3.8, 4) is 0 Å². The van der Waals surface area contributed by atoms with E-state index in [9.17, 15) is 4.79 Å². The zero-order chi connectivity index (χ0) is 11.8. The topological polar surface area (TPSA) is 64.8 Å². The number of likely N-dealkylation sites (tertiary alicyclic amines) is 1. The van der Waals surface area contributed by atoms with E-state index in [1.165, 1.54) is 0 Å². The highest BCUT2D eigenvalue weighted by atomic mass is 16.5. The third-order valence-corrected chi connectivity index (χ3v) is 2.75. The molecule has 0 bridgehead atoms. The molecule has 0 aliphatic carbocycles. The van der Waals surface area contributed by atoms with Crippen molar-refractivity contribution in [2.75, 3.05) is 39.5 Å². The van der Waals surface area contributed by atoms with Gasteiger partial charge in [0.2, 0.25) is 5.91 Å². The highest BCUT2D eigenvalue weighted by Gasteiger charge is 2.21. The number of nitrogens with two attached hydrogens (primary N) is 1. The molecule has 1 rings (SSSR count). The summed E-state index contributed by atoms with van der Waals surface area (Å²) >= 11 is 0. The Kier molecular flexibility index (Phi) is 6.37. The Balaban J connectivity index is 2.10. The van der Waals surface area contributed by atoms with E-state index in [-0.39, 0.29) is 18.6 Å². The van der Waals surface area contributed by atoms with Crippen LogP contribution in [0, 0.1) is 0 Å². The number of amides is 1. The van der Waals surface area contributed by atoms with Gasteiger partial charge in [0.25, 0.3) is 0 Å². The average molecular weight is 230 g/mol. The van der Waals surface area contributed by atoms with Crippen molar-refractivity contribution in [1.29, 1.82) is 0 Å². The maximum Gasteiger partial charge on any atom is 0.236 e. The van der Waals surface area contributed by atoms with Crippen LogP contribution in [0.5, 0.6) is 0 Å². The maximum atomic E-state index is 11.3. The molecule has 1 aliphatic rings. The third kappa shape index (κ3) is 4.47. The molecule has 0 atom stereocenters. The van der Waals surface area contributed by atoms with Crippen LogP contribution >= 0.6 is 0 Å². The summed E-state index contributed by atoms with van der Waals surface area (Å²) in [4.78, 5) is 13.1. The first kappa shape index (κ1) is 13.4. The minimum Gasteiger partial charge on any atom is -0.379 e. The van der Waals surface area contributed by atoms with Crippen LogP contribution in [0.2, 0.25) is 0 Å². The molecule has 94 valence electrons. The second-order valence-corrected chi connectivity index (χ2v) is 3.85. The number of rotatable bonds is 6. The largest absolute Gasteiger partial charge is 0.379 e. The highest BCUT2D eigenvalue weighted by molar-refractivity contribution is 5.78. The van der Waals surface area contributed by atoms with Gasteiger partial charge < -0.3 is 20.1 Å². The summed E-state index contributed by atoms with van der Waals surface area (Å²) in [5.41, 5.74) is 5.31. The van der Waals surface area contributed by atoms with Gasteiger partial charge >= 0.3 is 0 Å². The normalized spacial score (nSPS) is 17.8. The molecule has 0 aromatic rings. The van der Waals surface area contributed by atoms with E-state index in [4.69, 9.17) is 15.2 Å². The number of hydrogen-bond donors (Lipinski definition) is 1. The smallest absolute Gasteiger partial charge is 0.236 e. The SMILES string of the molecule is CCOCCOC1CCN(C(=O)CN)CC1. The van der Waals surface area contributed by atoms with Gasteiger partial charge in [-0.05, 0) is 19.8 Å². The Morgan fingerprint density at radius 2 is 2.06 bits per heavy atom. The van der Waals surface area contributed by atoms with E-state index >= 15 is 0 Å². The van der Waals surface area contributed by atoms with Crippen molar-refractivity contribution in [3.63, 3.8) is 0 Å². The average Bonchev–Trinajstić information content (AvgIpc) is 2.34. The second kappa shape index (κ2) is 7.60. The molecule has 0 aromatic heterocycles. The van der Waals surface area contributed by atoms with E-state index in [2.05, 4.69) is 0 Å². The number of hydrogen-bond acceptors (Lipinski definition) is 4. The molecule has 1 fully saturated rings. The fourth-order valence-corrected chi connectivity index (χ4v) is 1.82. The molecule has 16 heavy (non-hydrogen) atoms. The van der Waals surface area contributed by atoms with Crippen LogP contribution < -0.4 is 5.73 Å². The van der Waals surface area contributed by atoms with E-state index in [1.54, 1.807) is 0 Å². The van der Waals surface area contributed by atoms with Gasteiger partial charge in [-0.1, -0.05) is 0 Å². The molecule has 0 aromatic carbocycles. The van der Waals surface area contributed by atoms with Crippen molar-refractivity contribution in [3.05, 3.63) is 0 Å². The van der Waals surface area contributed by atoms with Crippen LogP contribution in [0.15, 0.2) is 0 Å². The van der Waals surface area contributed by atoms with Crippen LogP contribution in [0.1, 0.15) is 19.8 Å². The lowest BCUT2D eigenvalue weighted by molar-refractivity contribution is -0.132. The summed E-state index contributed by atoms with van der Waals surface area (Å²) in [6, 6.07) is 0. The Morgan fingerprint density at radius 3 is 2.62 bits per heavy atom. The van der Waals surface area contributed by atoms with E-state index in [0.717, 1.165) is 32.5 Å². The molecule has 0 unspecified atom stereocenters. The Hall–Kier alpha value is -0.650. The third-order valence-electron chi connectivity index (χ3n) is 2.75. The minimum absolute atomic E-state index is 0.0350. The summed E-state index contributed by atoms with van der Waals surface area (Å²) < 4.78 is 10.8. The lowest BCUT2D eigenvalue weighted by Gasteiger charge is -2.31. The molecular weight excluding hydrogens is 208 g/mol. The number of ether oxygens (including phenoxy) is 2. The summed E-state index contributed by atoms with van der Waals surface area (Å²) in [5.74, 6) is 0.0350. The molecule has 2 N–H and O–H groups in total. The van der Waals surface area contributed by atoms with Crippen molar-refractivity contribution in [1.82, 2.24) is 4.90 Å². The summed E-state index contributed by atoms with van der Waals surface area (Å²) in [5, 5.41) is 0. The lowest BCUT2D eigenvalue weighted by atomic mass is 10.1. The first-order chi connectivity index (χ1) is 7.77. The van der Waals surface area contributed by atoms with Gasteiger partial charge in [0.15, 0.2) is 0 Å². The molecule has 0 spiro atoms. The molecule has 1 saturated heterocycles. The molecule has 1 heterocycles. The summed E-state index contributed by atoms with van der Waals surface area (Å²) in [7, 11) is 0. The van der Waals surface area contributed by atoms with Gasteiger partial charge in [-0.15, -0.1) is 0 Å². The van der Waals surface area contributed by atoms with Crippen molar-refractivity contribution in [2.45, 2.75) is 25.9 Å². The fourth-order valence-electron chi connectivity index (χ4n) is 1.82. The van der Waals surface area contributed by atoms with Crippen molar-refractivity contribution >= 4 is 5.91 Å². The number of carbonyl (C=O) groups excluding carboxylic acids is 1. The fraction of sp³-hybridized carbons (Fsp3) is 0.909. The minimum atomic E-state index is 0.0350. The molecule has 0 saturated carbocycles. The molecule has 1 aliphatic heterocycles. The highest BCUT2D eigenvalue weighted by Crippen LogP contribution is 2.13. The number of carbonyl (C=O) groups is 1. The lowest BCUT2D eigenvalue weighted by Crippen LogP contribution is -2.43.